The maximum absolute atomic E-state index is 4.24. The van der Waals surface area contributed by atoms with Crippen LogP contribution in [0.4, 0.5) is 0 Å². The monoisotopic (exact) mass is 399 g/mol. The summed E-state index contributed by atoms with van der Waals surface area (Å²) in [5.74, 6) is 0. The van der Waals surface area contributed by atoms with Crippen LogP contribution in [-0.4, -0.2) is 19.7 Å². The number of hydrogen-bond acceptors (Lipinski definition) is 3. The first-order chi connectivity index (χ1) is 14.5. The third-order valence-corrected chi connectivity index (χ3v) is 5.31. The van der Waals surface area contributed by atoms with Crippen LogP contribution in [0.25, 0.3) is 11.1 Å². The van der Waals surface area contributed by atoms with Gasteiger partial charge in [-0.05, 0) is 22.3 Å². The number of aromatic amines is 1. The van der Waals surface area contributed by atoms with Crippen LogP contribution in [0.3, 0.4) is 0 Å². The molecule has 0 unspecified atom stereocenters. The van der Waals surface area contributed by atoms with Gasteiger partial charge in [0, 0.05) is 48.7 Å². The first kappa shape index (κ1) is 20.1. The van der Waals surface area contributed by atoms with Crippen LogP contribution in [0.15, 0.2) is 73.4 Å². The summed E-state index contributed by atoms with van der Waals surface area (Å²) in [6.45, 7) is 9.05. The average molecular weight is 400 g/mol. The van der Waals surface area contributed by atoms with E-state index in [0.29, 0.717) is 0 Å². The number of nitrogens with one attached hydrogen (secondary N) is 2. The molecule has 0 bridgehead atoms. The summed E-state index contributed by atoms with van der Waals surface area (Å²) in [5.41, 5.74) is 7.54. The molecule has 4 rings (SSSR count). The fraction of sp³-hybridized carbons (Fsp3) is 0.280. The first-order valence-corrected chi connectivity index (χ1v) is 10.4. The summed E-state index contributed by atoms with van der Waals surface area (Å²) >= 11 is 0. The minimum absolute atomic E-state index is 0.0594. The zero-order valence-corrected chi connectivity index (χ0v) is 17.9. The van der Waals surface area contributed by atoms with Crippen molar-refractivity contribution in [3.8, 4) is 11.1 Å². The molecule has 0 spiro atoms. The standard InChI is InChI=1S/C25H29N5/c1-25(2,3)24-22(16-28-29-24)15-27-14-21-6-4-5-7-23(21)20-10-8-19(9-11-20)17-30-13-12-26-18-30/h4-13,16,18,27H,14-15,17H2,1-3H3,(H,28,29). The lowest BCUT2D eigenvalue weighted by atomic mass is 9.89. The lowest BCUT2D eigenvalue weighted by Crippen LogP contribution is -2.19. The summed E-state index contributed by atoms with van der Waals surface area (Å²) in [4.78, 5) is 4.11. The highest BCUT2D eigenvalue weighted by atomic mass is 15.1. The van der Waals surface area contributed by atoms with Crippen molar-refractivity contribution in [1.29, 1.82) is 0 Å². The van der Waals surface area contributed by atoms with Gasteiger partial charge in [0.1, 0.15) is 0 Å². The smallest absolute Gasteiger partial charge is 0.0949 e. The Kier molecular flexibility index (Phi) is 5.81. The van der Waals surface area contributed by atoms with Gasteiger partial charge in [-0.25, -0.2) is 4.98 Å². The van der Waals surface area contributed by atoms with E-state index < -0.39 is 0 Å². The predicted octanol–water partition coefficient (Wildman–Crippen LogP) is 4.91. The van der Waals surface area contributed by atoms with Gasteiger partial charge >= 0.3 is 0 Å². The van der Waals surface area contributed by atoms with E-state index >= 15 is 0 Å². The van der Waals surface area contributed by atoms with Gasteiger partial charge in [-0.3, -0.25) is 5.10 Å². The molecule has 0 aliphatic carbocycles. The van der Waals surface area contributed by atoms with Crippen molar-refractivity contribution in [2.24, 2.45) is 0 Å². The summed E-state index contributed by atoms with van der Waals surface area (Å²) in [7, 11) is 0. The van der Waals surface area contributed by atoms with Crippen LogP contribution >= 0.6 is 0 Å². The van der Waals surface area contributed by atoms with E-state index in [9.17, 15) is 0 Å². The molecule has 0 aliphatic rings. The Hall–Kier alpha value is -3.18. The van der Waals surface area contributed by atoms with Crippen molar-refractivity contribution in [3.05, 3.63) is 95.8 Å². The van der Waals surface area contributed by atoms with Crippen LogP contribution in [0.5, 0.6) is 0 Å². The molecule has 0 aliphatic heterocycles. The van der Waals surface area contributed by atoms with Crippen molar-refractivity contribution in [1.82, 2.24) is 25.1 Å². The lowest BCUT2D eigenvalue weighted by Gasteiger charge is -2.19. The van der Waals surface area contributed by atoms with Gasteiger partial charge < -0.3 is 9.88 Å². The lowest BCUT2D eigenvalue weighted by molar-refractivity contribution is 0.553. The molecule has 2 N–H and O–H groups in total. The highest BCUT2D eigenvalue weighted by Gasteiger charge is 2.19. The van der Waals surface area contributed by atoms with E-state index in [1.807, 2.05) is 24.9 Å². The molecule has 2 aromatic heterocycles. The second-order valence-corrected chi connectivity index (χ2v) is 8.71. The Morgan fingerprint density at radius 2 is 1.73 bits per heavy atom. The van der Waals surface area contributed by atoms with E-state index in [0.717, 1.165) is 19.6 Å². The molecule has 2 aromatic carbocycles. The van der Waals surface area contributed by atoms with Crippen LogP contribution in [0.1, 0.15) is 43.2 Å². The van der Waals surface area contributed by atoms with Gasteiger partial charge in [0.25, 0.3) is 0 Å². The number of imidazole rings is 1. The molecule has 30 heavy (non-hydrogen) atoms. The molecule has 0 radical (unpaired) electrons. The van der Waals surface area contributed by atoms with E-state index in [2.05, 4.69) is 94.4 Å². The summed E-state index contributed by atoms with van der Waals surface area (Å²) in [5, 5.41) is 11.0. The van der Waals surface area contributed by atoms with Gasteiger partial charge in [0.05, 0.1) is 12.5 Å². The minimum Gasteiger partial charge on any atom is -0.333 e. The molecule has 0 amide bonds. The van der Waals surface area contributed by atoms with Gasteiger partial charge in [0.15, 0.2) is 0 Å². The Bertz CT molecular complexity index is 1070. The van der Waals surface area contributed by atoms with Gasteiger partial charge in [0.2, 0.25) is 0 Å². The molecule has 0 fully saturated rings. The third kappa shape index (κ3) is 4.69. The minimum atomic E-state index is 0.0594. The zero-order chi connectivity index (χ0) is 21.0. The quantitative estimate of drug-likeness (QED) is 0.464. The summed E-state index contributed by atoms with van der Waals surface area (Å²) in [6, 6.07) is 17.4. The van der Waals surface area contributed by atoms with Gasteiger partial charge in [-0.1, -0.05) is 69.3 Å². The molecule has 4 aromatic rings. The number of benzene rings is 2. The first-order valence-electron chi connectivity index (χ1n) is 10.4. The van der Waals surface area contributed by atoms with Gasteiger partial charge in [-0.2, -0.15) is 5.10 Å². The number of nitrogens with zero attached hydrogens (tertiary/aromatic N) is 3. The molecule has 0 atom stereocenters. The fourth-order valence-electron chi connectivity index (χ4n) is 3.76. The Balaban J connectivity index is 1.45. The predicted molar refractivity (Wildman–Crippen MR) is 121 cm³/mol. The maximum atomic E-state index is 4.24. The number of aromatic nitrogens is 4. The van der Waals surface area contributed by atoms with Gasteiger partial charge in [-0.15, -0.1) is 0 Å². The second kappa shape index (κ2) is 8.67. The highest BCUT2D eigenvalue weighted by Crippen LogP contribution is 2.25. The average Bonchev–Trinajstić information content (AvgIpc) is 3.41. The van der Waals surface area contributed by atoms with Crippen molar-refractivity contribution in [3.63, 3.8) is 0 Å². The SMILES string of the molecule is CC(C)(C)c1[nH]ncc1CNCc1ccccc1-c1ccc(Cn2ccnc2)cc1. The van der Waals surface area contributed by atoms with Crippen LogP contribution in [0, 0.1) is 0 Å². The number of H-pyrrole nitrogens is 1. The van der Waals surface area contributed by atoms with E-state index in [4.69, 9.17) is 0 Å². The molecule has 5 nitrogen and oxygen atoms in total. The largest absolute Gasteiger partial charge is 0.333 e. The summed E-state index contributed by atoms with van der Waals surface area (Å²) < 4.78 is 2.08. The van der Waals surface area contributed by atoms with Crippen LogP contribution in [-0.2, 0) is 25.0 Å². The molecular weight excluding hydrogens is 370 g/mol. The van der Waals surface area contributed by atoms with Crippen molar-refractivity contribution in [2.75, 3.05) is 0 Å². The van der Waals surface area contributed by atoms with Crippen molar-refractivity contribution >= 4 is 0 Å². The fourth-order valence-corrected chi connectivity index (χ4v) is 3.76. The number of rotatable bonds is 7. The molecule has 2 heterocycles. The maximum Gasteiger partial charge on any atom is 0.0949 e. The van der Waals surface area contributed by atoms with E-state index in [-0.39, 0.29) is 5.41 Å². The Labute approximate surface area is 178 Å². The molecule has 0 saturated heterocycles. The van der Waals surface area contributed by atoms with Crippen molar-refractivity contribution in [2.45, 2.75) is 45.8 Å². The summed E-state index contributed by atoms with van der Waals surface area (Å²) in [6.07, 6.45) is 7.57. The normalized spacial score (nSPS) is 11.7. The molecule has 154 valence electrons. The molecule has 0 saturated carbocycles. The second-order valence-electron chi connectivity index (χ2n) is 8.71. The van der Waals surface area contributed by atoms with Crippen LogP contribution in [0.2, 0.25) is 0 Å². The van der Waals surface area contributed by atoms with E-state index in [1.165, 1.54) is 33.5 Å². The third-order valence-electron chi connectivity index (χ3n) is 5.31. The molecular formula is C25H29N5. The zero-order valence-electron chi connectivity index (χ0n) is 17.9. The topological polar surface area (TPSA) is 58.5 Å². The Morgan fingerprint density at radius 3 is 2.47 bits per heavy atom. The van der Waals surface area contributed by atoms with E-state index in [1.54, 1.807) is 0 Å². The highest BCUT2D eigenvalue weighted by molar-refractivity contribution is 5.67. The van der Waals surface area contributed by atoms with Crippen LogP contribution < -0.4 is 5.32 Å². The van der Waals surface area contributed by atoms with Crippen molar-refractivity contribution < 1.29 is 0 Å². The number of hydrogen-bond donors (Lipinski definition) is 2. The Morgan fingerprint density at radius 1 is 0.967 bits per heavy atom. The molecule has 5 heteroatoms.